The fourth-order valence-electron chi connectivity index (χ4n) is 1.71. The van der Waals surface area contributed by atoms with Crippen LogP contribution < -0.4 is 4.90 Å². The summed E-state index contributed by atoms with van der Waals surface area (Å²) in [5.41, 5.74) is -0.697. The minimum Gasteiger partial charge on any atom is -0.356 e. The van der Waals surface area contributed by atoms with Crippen molar-refractivity contribution in [3.8, 4) is 0 Å². The van der Waals surface area contributed by atoms with E-state index in [4.69, 9.17) is 0 Å². The second-order valence-corrected chi connectivity index (χ2v) is 3.78. The molecule has 0 atom stereocenters. The van der Waals surface area contributed by atoms with Crippen molar-refractivity contribution in [3.63, 3.8) is 0 Å². The Balaban J connectivity index is 2.12. The van der Waals surface area contributed by atoms with Crippen LogP contribution in [0.1, 0.15) is 18.4 Å². The van der Waals surface area contributed by atoms with Crippen LogP contribution in [0.3, 0.4) is 0 Å². The zero-order valence-corrected chi connectivity index (χ0v) is 8.67. The second kappa shape index (κ2) is 4.31. The average Bonchev–Trinajstić information content (AvgIpc) is 2.29. The first-order valence-corrected chi connectivity index (χ1v) is 5.17. The zero-order chi connectivity index (χ0) is 11.6. The first-order valence-electron chi connectivity index (χ1n) is 5.17. The van der Waals surface area contributed by atoms with Crippen LogP contribution in [0.4, 0.5) is 19.0 Å². The molecule has 2 rings (SSSR count). The predicted molar refractivity (Wildman–Crippen MR) is 55.0 cm³/mol. The SMILES string of the molecule is FC(F)(F)c1ccc(N2C[CH]CCC2)nc1. The first kappa shape index (κ1) is 11.2. The summed E-state index contributed by atoms with van der Waals surface area (Å²) in [6, 6.07) is 2.51. The van der Waals surface area contributed by atoms with Gasteiger partial charge >= 0.3 is 6.18 Å². The van der Waals surface area contributed by atoms with Crippen LogP contribution in [0.25, 0.3) is 0 Å². The minimum absolute atomic E-state index is 0.615. The Morgan fingerprint density at radius 1 is 1.25 bits per heavy atom. The molecule has 0 bridgehead atoms. The quantitative estimate of drug-likeness (QED) is 0.736. The largest absolute Gasteiger partial charge is 0.417 e. The number of rotatable bonds is 1. The van der Waals surface area contributed by atoms with Crippen LogP contribution in [-0.2, 0) is 6.18 Å². The number of nitrogens with zero attached hydrogens (tertiary/aromatic N) is 2. The molecule has 0 amide bonds. The van der Waals surface area contributed by atoms with Gasteiger partial charge in [0, 0.05) is 19.3 Å². The Kier molecular flexibility index (Phi) is 3.03. The van der Waals surface area contributed by atoms with Crippen LogP contribution in [0.5, 0.6) is 0 Å². The molecular weight excluding hydrogens is 217 g/mol. The molecule has 1 aliphatic rings. The molecule has 2 heterocycles. The van der Waals surface area contributed by atoms with Gasteiger partial charge in [-0.15, -0.1) is 0 Å². The van der Waals surface area contributed by atoms with Gasteiger partial charge in [-0.25, -0.2) is 4.98 Å². The summed E-state index contributed by atoms with van der Waals surface area (Å²) in [7, 11) is 0. The summed E-state index contributed by atoms with van der Waals surface area (Å²) in [5, 5.41) is 0. The molecule has 87 valence electrons. The maximum atomic E-state index is 12.3. The van der Waals surface area contributed by atoms with Gasteiger partial charge in [-0.1, -0.05) is 0 Å². The molecule has 0 saturated carbocycles. The number of hydrogen-bond acceptors (Lipinski definition) is 2. The lowest BCUT2D eigenvalue weighted by Gasteiger charge is -2.27. The van der Waals surface area contributed by atoms with Crippen LogP contribution in [0, 0.1) is 6.42 Å². The minimum atomic E-state index is -4.31. The number of anilines is 1. The number of piperidine rings is 1. The molecule has 1 saturated heterocycles. The van der Waals surface area contributed by atoms with E-state index >= 15 is 0 Å². The lowest BCUT2D eigenvalue weighted by atomic mass is 10.1. The molecule has 1 aliphatic heterocycles. The van der Waals surface area contributed by atoms with E-state index in [0.29, 0.717) is 5.82 Å². The van der Waals surface area contributed by atoms with Gasteiger partial charge in [0.15, 0.2) is 0 Å². The second-order valence-electron chi connectivity index (χ2n) is 3.78. The van der Waals surface area contributed by atoms with Gasteiger partial charge in [-0.2, -0.15) is 13.2 Å². The van der Waals surface area contributed by atoms with Crippen LogP contribution >= 0.6 is 0 Å². The third-order valence-electron chi connectivity index (χ3n) is 2.58. The van der Waals surface area contributed by atoms with Crippen molar-refractivity contribution >= 4 is 5.82 Å². The Labute approximate surface area is 92.1 Å². The van der Waals surface area contributed by atoms with E-state index in [1.54, 1.807) is 0 Å². The van der Waals surface area contributed by atoms with Gasteiger partial charge in [0.05, 0.1) is 5.56 Å². The summed E-state index contributed by atoms with van der Waals surface area (Å²) < 4.78 is 36.9. The van der Waals surface area contributed by atoms with E-state index in [-0.39, 0.29) is 0 Å². The molecule has 0 spiro atoms. The number of aromatic nitrogens is 1. The third-order valence-corrected chi connectivity index (χ3v) is 2.58. The summed E-state index contributed by atoms with van der Waals surface area (Å²) in [5.74, 6) is 0.615. The molecular formula is C11H12F3N2. The van der Waals surface area contributed by atoms with Crippen molar-refractivity contribution in [1.29, 1.82) is 0 Å². The molecule has 0 N–H and O–H groups in total. The first-order chi connectivity index (χ1) is 7.57. The topological polar surface area (TPSA) is 16.1 Å². The highest BCUT2D eigenvalue weighted by atomic mass is 19.4. The lowest BCUT2D eigenvalue weighted by Crippen LogP contribution is -2.30. The Morgan fingerprint density at radius 3 is 2.56 bits per heavy atom. The number of halogens is 3. The van der Waals surface area contributed by atoms with Crippen molar-refractivity contribution in [2.45, 2.75) is 19.0 Å². The van der Waals surface area contributed by atoms with E-state index < -0.39 is 11.7 Å². The molecule has 0 aromatic carbocycles. The van der Waals surface area contributed by atoms with Crippen LogP contribution in [-0.4, -0.2) is 18.1 Å². The summed E-state index contributed by atoms with van der Waals surface area (Å²) >= 11 is 0. The van der Waals surface area contributed by atoms with Crippen molar-refractivity contribution < 1.29 is 13.2 Å². The molecule has 5 heteroatoms. The smallest absolute Gasteiger partial charge is 0.356 e. The van der Waals surface area contributed by atoms with Crippen molar-refractivity contribution in [2.75, 3.05) is 18.0 Å². The van der Waals surface area contributed by atoms with Crippen molar-refractivity contribution in [1.82, 2.24) is 4.98 Å². The maximum absolute atomic E-state index is 12.3. The normalized spacial score (nSPS) is 17.6. The molecule has 1 radical (unpaired) electrons. The Bertz CT molecular complexity index is 339. The summed E-state index contributed by atoms with van der Waals surface area (Å²) in [6.45, 7) is 1.62. The fourth-order valence-corrected chi connectivity index (χ4v) is 1.71. The number of hydrogen-bond donors (Lipinski definition) is 0. The summed E-state index contributed by atoms with van der Waals surface area (Å²) in [4.78, 5) is 5.83. The van der Waals surface area contributed by atoms with Gasteiger partial charge in [-0.3, -0.25) is 0 Å². The number of alkyl halides is 3. The van der Waals surface area contributed by atoms with Crippen molar-refractivity contribution in [2.24, 2.45) is 0 Å². The van der Waals surface area contributed by atoms with Gasteiger partial charge in [0.1, 0.15) is 5.82 Å². The monoisotopic (exact) mass is 229 g/mol. The zero-order valence-electron chi connectivity index (χ0n) is 8.67. The van der Waals surface area contributed by atoms with Crippen molar-refractivity contribution in [3.05, 3.63) is 30.3 Å². The van der Waals surface area contributed by atoms with E-state index in [1.165, 1.54) is 6.07 Å². The van der Waals surface area contributed by atoms with Gasteiger partial charge in [0.2, 0.25) is 0 Å². The van der Waals surface area contributed by atoms with Gasteiger partial charge < -0.3 is 4.90 Å². The van der Waals surface area contributed by atoms with Gasteiger partial charge in [0.25, 0.3) is 0 Å². The van der Waals surface area contributed by atoms with E-state index in [9.17, 15) is 13.2 Å². The molecule has 1 aromatic heterocycles. The molecule has 2 nitrogen and oxygen atoms in total. The molecule has 16 heavy (non-hydrogen) atoms. The highest BCUT2D eigenvalue weighted by molar-refractivity contribution is 5.40. The summed E-state index contributed by atoms with van der Waals surface area (Å²) in [6.07, 6.45) is 0.798. The maximum Gasteiger partial charge on any atom is 0.417 e. The molecule has 0 aliphatic carbocycles. The standard InChI is InChI=1S/C11H12F3N2/c12-11(13,14)9-4-5-10(15-8-9)16-6-2-1-3-7-16/h2,4-5,8H,1,3,6-7H2. The average molecular weight is 229 g/mol. The molecule has 1 aromatic rings. The molecule has 0 unspecified atom stereocenters. The highest BCUT2D eigenvalue weighted by Gasteiger charge is 2.30. The van der Waals surface area contributed by atoms with Crippen LogP contribution in [0.2, 0.25) is 0 Å². The van der Waals surface area contributed by atoms with E-state index in [1.807, 2.05) is 4.90 Å². The predicted octanol–water partition coefficient (Wildman–Crippen LogP) is 2.90. The van der Waals surface area contributed by atoms with E-state index in [2.05, 4.69) is 11.4 Å². The third kappa shape index (κ3) is 2.46. The van der Waals surface area contributed by atoms with Crippen LogP contribution in [0.15, 0.2) is 18.3 Å². The molecule has 1 fully saturated rings. The fraction of sp³-hybridized carbons (Fsp3) is 0.455. The number of pyridine rings is 1. The Hall–Kier alpha value is -1.26. The van der Waals surface area contributed by atoms with Gasteiger partial charge in [-0.05, 0) is 31.4 Å². The highest BCUT2D eigenvalue weighted by Crippen LogP contribution is 2.29. The Morgan fingerprint density at radius 2 is 2.06 bits per heavy atom. The lowest BCUT2D eigenvalue weighted by molar-refractivity contribution is -0.137. The van der Waals surface area contributed by atoms with E-state index in [0.717, 1.165) is 38.2 Å².